The number of aliphatic hydroxyl groups excluding tert-OH is 1. The molecule has 0 aliphatic carbocycles. The van der Waals surface area contributed by atoms with E-state index in [-0.39, 0.29) is 34.3 Å². The quantitative estimate of drug-likeness (QED) is 0.447. The van der Waals surface area contributed by atoms with Gasteiger partial charge < -0.3 is 33.6 Å². The van der Waals surface area contributed by atoms with Gasteiger partial charge in [-0.2, -0.15) is 0 Å². The van der Waals surface area contributed by atoms with E-state index in [2.05, 4.69) is 0 Å². The van der Waals surface area contributed by atoms with E-state index in [0.717, 1.165) is 6.07 Å². The lowest BCUT2D eigenvalue weighted by atomic mass is 9.90. The van der Waals surface area contributed by atoms with Gasteiger partial charge in [0.2, 0.25) is 5.43 Å². The number of benzene rings is 2. The number of aromatic hydroxyl groups is 2. The summed E-state index contributed by atoms with van der Waals surface area (Å²) in [5.74, 6) is 0.135. The van der Waals surface area contributed by atoms with Crippen LogP contribution in [0.25, 0.3) is 33.1 Å². The molecule has 0 fully saturated rings. The van der Waals surface area contributed by atoms with Crippen molar-refractivity contribution in [3.63, 3.8) is 0 Å². The number of phenols is 2. The minimum atomic E-state index is -0.827. The molecule has 3 heterocycles. The van der Waals surface area contributed by atoms with E-state index < -0.39 is 22.9 Å². The second kappa shape index (κ2) is 5.57. The number of methoxy groups -OCH3 is 1. The first-order chi connectivity index (χ1) is 13.7. The maximum absolute atomic E-state index is 13.1. The molecule has 0 saturated heterocycles. The van der Waals surface area contributed by atoms with E-state index in [0.29, 0.717) is 28.0 Å². The smallest absolute Gasteiger partial charge is 0.302 e. The zero-order chi connectivity index (χ0) is 20.7. The number of hydrogen-bond donors (Lipinski definition) is 3. The predicted octanol–water partition coefficient (Wildman–Crippen LogP) is 3.19. The molecule has 5 rings (SSSR count). The molecule has 1 aliphatic heterocycles. The van der Waals surface area contributed by atoms with Crippen molar-refractivity contribution in [1.29, 1.82) is 0 Å². The van der Waals surface area contributed by atoms with Crippen LogP contribution in [0.2, 0.25) is 0 Å². The summed E-state index contributed by atoms with van der Waals surface area (Å²) in [6.45, 7) is 3.55. The lowest BCUT2D eigenvalue weighted by molar-refractivity contribution is -0.0422. The van der Waals surface area contributed by atoms with Gasteiger partial charge in [-0.25, -0.2) is 0 Å². The van der Waals surface area contributed by atoms with Crippen molar-refractivity contribution in [3.05, 3.63) is 34.0 Å². The van der Waals surface area contributed by atoms with Crippen LogP contribution >= 0.6 is 0 Å². The van der Waals surface area contributed by atoms with E-state index in [9.17, 15) is 20.1 Å². The fraction of sp³-hybridized carbons (Fsp3) is 0.286. The van der Waals surface area contributed by atoms with Gasteiger partial charge in [0.25, 0.3) is 0 Å². The zero-order valence-electron chi connectivity index (χ0n) is 15.9. The van der Waals surface area contributed by atoms with Crippen LogP contribution in [0.15, 0.2) is 31.8 Å². The average Bonchev–Trinajstić information content (AvgIpc) is 3.00. The van der Waals surface area contributed by atoms with Crippen LogP contribution in [-0.2, 0) is 6.42 Å². The molecule has 0 amide bonds. The Bertz CT molecular complexity index is 1380. The predicted molar refractivity (Wildman–Crippen MR) is 104 cm³/mol. The van der Waals surface area contributed by atoms with Gasteiger partial charge in [-0.05, 0) is 19.9 Å². The Kier molecular flexibility index (Phi) is 3.40. The van der Waals surface area contributed by atoms with E-state index in [1.54, 1.807) is 19.9 Å². The molecule has 2 aromatic carbocycles. The van der Waals surface area contributed by atoms with Crippen LogP contribution in [0.3, 0.4) is 0 Å². The van der Waals surface area contributed by atoms with Crippen LogP contribution in [0.1, 0.15) is 19.4 Å². The number of fused-ring (bicyclic) bond motifs is 6. The van der Waals surface area contributed by atoms with Crippen LogP contribution < -0.4 is 14.9 Å². The highest BCUT2D eigenvalue weighted by Gasteiger charge is 2.39. The standard InChI is InChI=1S/C21H18O8/c1-21(2)14(24)7-10-18-9(6-13(26-3)19(10)29-21)15-17(25)16-11(23)4-8(22)5-12(16)27-20(15)28-18/h4-6,14,22-24H,7H2,1-3H3. The summed E-state index contributed by atoms with van der Waals surface area (Å²) in [7, 11) is 1.48. The molecule has 0 saturated carbocycles. The van der Waals surface area contributed by atoms with Gasteiger partial charge in [0.15, 0.2) is 11.5 Å². The summed E-state index contributed by atoms with van der Waals surface area (Å²) in [5.41, 5.74) is -0.431. The Morgan fingerprint density at radius 1 is 1.14 bits per heavy atom. The van der Waals surface area contributed by atoms with E-state index in [1.807, 2.05) is 0 Å². The fourth-order valence-corrected chi connectivity index (χ4v) is 3.86. The number of ether oxygens (including phenoxy) is 2. The zero-order valence-corrected chi connectivity index (χ0v) is 15.9. The van der Waals surface area contributed by atoms with Crippen molar-refractivity contribution >= 4 is 33.1 Å². The molecular formula is C21H18O8. The van der Waals surface area contributed by atoms with Crippen LogP contribution in [0, 0.1) is 0 Å². The molecule has 0 spiro atoms. The van der Waals surface area contributed by atoms with Crippen LogP contribution in [-0.4, -0.2) is 34.1 Å². The summed E-state index contributed by atoms with van der Waals surface area (Å²) in [4.78, 5) is 13.1. The van der Waals surface area contributed by atoms with Crippen LogP contribution in [0.4, 0.5) is 0 Å². The van der Waals surface area contributed by atoms with Gasteiger partial charge in [0.1, 0.15) is 39.0 Å². The van der Waals surface area contributed by atoms with E-state index in [4.69, 9.17) is 18.3 Å². The fourth-order valence-electron chi connectivity index (χ4n) is 3.86. The Balaban J connectivity index is 1.94. The number of phenolic OH excluding ortho intramolecular Hbond substituents is 2. The first-order valence-electron chi connectivity index (χ1n) is 9.03. The van der Waals surface area contributed by atoms with Crippen molar-refractivity contribution in [2.24, 2.45) is 0 Å². The lowest BCUT2D eigenvalue weighted by Gasteiger charge is -2.37. The molecule has 1 atom stereocenters. The minimum Gasteiger partial charge on any atom is -0.508 e. The highest BCUT2D eigenvalue weighted by molar-refractivity contribution is 6.09. The summed E-state index contributed by atoms with van der Waals surface area (Å²) in [6.07, 6.45) is -0.572. The first kappa shape index (κ1) is 17.7. The largest absolute Gasteiger partial charge is 0.508 e. The molecule has 3 N–H and O–H groups in total. The monoisotopic (exact) mass is 398 g/mol. The molecule has 0 radical (unpaired) electrons. The Hall–Kier alpha value is -3.39. The average molecular weight is 398 g/mol. The molecule has 0 bridgehead atoms. The normalized spacial score (nSPS) is 18.1. The van der Waals surface area contributed by atoms with Gasteiger partial charge in [-0.15, -0.1) is 0 Å². The Labute approximate surface area is 163 Å². The molecule has 8 nitrogen and oxygen atoms in total. The maximum atomic E-state index is 13.1. The number of furan rings is 1. The molecule has 29 heavy (non-hydrogen) atoms. The lowest BCUT2D eigenvalue weighted by Crippen LogP contribution is -2.46. The molecule has 8 heteroatoms. The number of rotatable bonds is 1. The molecular weight excluding hydrogens is 380 g/mol. The third kappa shape index (κ3) is 2.32. The maximum Gasteiger partial charge on any atom is 0.302 e. The highest BCUT2D eigenvalue weighted by atomic mass is 16.5. The second-order valence-electron chi connectivity index (χ2n) is 7.72. The summed E-state index contributed by atoms with van der Waals surface area (Å²) in [5, 5.41) is 30.9. The first-order valence-corrected chi connectivity index (χ1v) is 9.03. The van der Waals surface area contributed by atoms with E-state index in [1.165, 1.54) is 13.2 Å². The molecule has 4 aromatic rings. The Morgan fingerprint density at radius 3 is 2.62 bits per heavy atom. The topological polar surface area (TPSA) is 123 Å². The highest BCUT2D eigenvalue weighted by Crippen LogP contribution is 2.47. The summed E-state index contributed by atoms with van der Waals surface area (Å²) >= 11 is 0. The number of hydrogen-bond acceptors (Lipinski definition) is 8. The molecule has 150 valence electrons. The van der Waals surface area contributed by atoms with Gasteiger partial charge in [0.05, 0.1) is 13.2 Å². The van der Waals surface area contributed by atoms with E-state index >= 15 is 0 Å². The third-order valence-electron chi connectivity index (χ3n) is 5.47. The minimum absolute atomic E-state index is 0.00249. The SMILES string of the molecule is COc1cc2c(oc3oc4cc(O)cc(O)c4c(=O)c32)c2c1OC(C)(C)C(O)C2. The third-order valence-corrected chi connectivity index (χ3v) is 5.47. The van der Waals surface area contributed by atoms with Crippen molar-refractivity contribution in [2.75, 3.05) is 7.11 Å². The van der Waals surface area contributed by atoms with Gasteiger partial charge in [-0.3, -0.25) is 4.79 Å². The summed E-state index contributed by atoms with van der Waals surface area (Å²) < 4.78 is 23.0. The molecule has 1 unspecified atom stereocenters. The van der Waals surface area contributed by atoms with Crippen molar-refractivity contribution < 1.29 is 33.6 Å². The van der Waals surface area contributed by atoms with Gasteiger partial charge >= 0.3 is 5.78 Å². The molecule has 2 aromatic heterocycles. The van der Waals surface area contributed by atoms with Gasteiger partial charge in [0, 0.05) is 29.5 Å². The van der Waals surface area contributed by atoms with Gasteiger partial charge in [-0.1, -0.05) is 0 Å². The van der Waals surface area contributed by atoms with Crippen molar-refractivity contribution in [1.82, 2.24) is 0 Å². The molecule has 1 aliphatic rings. The summed E-state index contributed by atoms with van der Waals surface area (Å²) in [6, 6.07) is 3.92. The van der Waals surface area contributed by atoms with Crippen molar-refractivity contribution in [3.8, 4) is 23.0 Å². The number of aliphatic hydroxyl groups is 1. The van der Waals surface area contributed by atoms with Crippen LogP contribution in [0.5, 0.6) is 23.0 Å². The Morgan fingerprint density at radius 2 is 1.90 bits per heavy atom. The van der Waals surface area contributed by atoms with Crippen molar-refractivity contribution in [2.45, 2.75) is 32.0 Å². The second-order valence-corrected chi connectivity index (χ2v) is 7.72.